The van der Waals surface area contributed by atoms with E-state index in [0.29, 0.717) is 12.1 Å². The quantitative estimate of drug-likeness (QED) is 0.823. The predicted octanol–water partition coefficient (Wildman–Crippen LogP) is 0.873. The maximum Gasteiger partial charge on any atom is 0.0771 e. The summed E-state index contributed by atoms with van der Waals surface area (Å²) < 4.78 is 12.6. The molecule has 16 heavy (non-hydrogen) atoms. The fourth-order valence-electron chi connectivity index (χ4n) is 2.09. The topological polar surface area (TPSA) is 48.3 Å². The standard InChI is InChI=1S/C11H17N3O2/c1-2-11(16-3-1)6-14-5-9(4-12-14)13-10-7-15-8-10/h4-5,10-11,13H,1-3,6-8H2. The van der Waals surface area contributed by atoms with Crippen LogP contribution >= 0.6 is 0 Å². The van der Waals surface area contributed by atoms with Crippen LogP contribution in [0.2, 0.25) is 0 Å². The van der Waals surface area contributed by atoms with E-state index in [2.05, 4.69) is 10.4 Å². The van der Waals surface area contributed by atoms with Gasteiger partial charge in [0.15, 0.2) is 0 Å². The molecule has 1 aromatic rings. The number of nitrogens with zero attached hydrogens (tertiary/aromatic N) is 2. The summed E-state index contributed by atoms with van der Waals surface area (Å²) in [7, 11) is 0. The monoisotopic (exact) mass is 223 g/mol. The van der Waals surface area contributed by atoms with Gasteiger partial charge in [-0.25, -0.2) is 0 Å². The molecule has 88 valence electrons. The van der Waals surface area contributed by atoms with Gasteiger partial charge in [-0.05, 0) is 12.8 Å². The van der Waals surface area contributed by atoms with Crippen molar-refractivity contribution in [2.75, 3.05) is 25.1 Å². The molecular formula is C11H17N3O2. The Morgan fingerprint density at radius 3 is 3.12 bits per heavy atom. The van der Waals surface area contributed by atoms with Crippen LogP contribution in [0.4, 0.5) is 5.69 Å². The zero-order valence-electron chi connectivity index (χ0n) is 9.26. The summed E-state index contributed by atoms with van der Waals surface area (Å²) in [4.78, 5) is 0. The number of hydrogen-bond acceptors (Lipinski definition) is 4. The summed E-state index contributed by atoms with van der Waals surface area (Å²) in [6.07, 6.45) is 6.59. The fraction of sp³-hybridized carbons (Fsp3) is 0.727. The SMILES string of the molecule is c1nn(CC2CCCO2)cc1NC1COC1. The molecule has 0 aliphatic carbocycles. The zero-order chi connectivity index (χ0) is 10.8. The van der Waals surface area contributed by atoms with Crippen LogP contribution in [0.1, 0.15) is 12.8 Å². The molecule has 1 N–H and O–H groups in total. The molecule has 0 spiro atoms. The van der Waals surface area contributed by atoms with E-state index in [9.17, 15) is 0 Å². The normalized spacial score (nSPS) is 25.6. The lowest BCUT2D eigenvalue weighted by Gasteiger charge is -2.26. The average molecular weight is 223 g/mol. The van der Waals surface area contributed by atoms with Gasteiger partial charge in [0, 0.05) is 12.8 Å². The van der Waals surface area contributed by atoms with Gasteiger partial charge in [-0.3, -0.25) is 4.68 Å². The number of anilines is 1. The van der Waals surface area contributed by atoms with Crippen LogP contribution in [0.3, 0.4) is 0 Å². The van der Waals surface area contributed by atoms with Crippen molar-refractivity contribution in [1.29, 1.82) is 0 Å². The molecule has 0 bridgehead atoms. The number of nitrogens with one attached hydrogen (secondary N) is 1. The molecule has 5 heteroatoms. The first-order valence-corrected chi connectivity index (χ1v) is 5.88. The summed E-state index contributed by atoms with van der Waals surface area (Å²) in [6, 6.07) is 0.459. The molecule has 3 rings (SSSR count). The highest BCUT2D eigenvalue weighted by molar-refractivity contribution is 5.39. The third-order valence-electron chi connectivity index (χ3n) is 3.06. The van der Waals surface area contributed by atoms with Crippen molar-refractivity contribution < 1.29 is 9.47 Å². The molecule has 0 radical (unpaired) electrons. The van der Waals surface area contributed by atoms with Crippen LogP contribution in [-0.2, 0) is 16.0 Å². The van der Waals surface area contributed by atoms with Crippen molar-refractivity contribution >= 4 is 5.69 Å². The molecule has 0 amide bonds. The van der Waals surface area contributed by atoms with E-state index in [0.717, 1.165) is 38.5 Å². The predicted molar refractivity (Wildman–Crippen MR) is 59.4 cm³/mol. The van der Waals surface area contributed by atoms with Crippen LogP contribution in [0.15, 0.2) is 12.4 Å². The van der Waals surface area contributed by atoms with Gasteiger partial charge in [-0.15, -0.1) is 0 Å². The highest BCUT2D eigenvalue weighted by atomic mass is 16.5. The Morgan fingerprint density at radius 2 is 2.44 bits per heavy atom. The maximum absolute atomic E-state index is 5.58. The van der Waals surface area contributed by atoms with Crippen molar-refractivity contribution in [3.63, 3.8) is 0 Å². The molecule has 0 aromatic carbocycles. The number of ether oxygens (including phenoxy) is 2. The van der Waals surface area contributed by atoms with Crippen molar-refractivity contribution in [2.45, 2.75) is 31.5 Å². The van der Waals surface area contributed by atoms with Gasteiger partial charge in [-0.2, -0.15) is 5.10 Å². The minimum absolute atomic E-state index is 0.347. The second-order valence-corrected chi connectivity index (χ2v) is 4.46. The Labute approximate surface area is 94.7 Å². The van der Waals surface area contributed by atoms with Crippen LogP contribution in [0.25, 0.3) is 0 Å². The first-order valence-electron chi connectivity index (χ1n) is 5.88. The van der Waals surface area contributed by atoms with E-state index in [4.69, 9.17) is 9.47 Å². The third-order valence-corrected chi connectivity index (χ3v) is 3.06. The highest BCUT2D eigenvalue weighted by Crippen LogP contribution is 2.16. The van der Waals surface area contributed by atoms with E-state index in [1.54, 1.807) is 0 Å². The lowest BCUT2D eigenvalue weighted by molar-refractivity contribution is 0.0211. The summed E-state index contributed by atoms with van der Waals surface area (Å²) in [5.41, 5.74) is 1.08. The maximum atomic E-state index is 5.58. The summed E-state index contributed by atoms with van der Waals surface area (Å²) >= 11 is 0. The highest BCUT2D eigenvalue weighted by Gasteiger charge is 2.19. The molecule has 1 aromatic heterocycles. The van der Waals surface area contributed by atoms with Crippen LogP contribution in [0, 0.1) is 0 Å². The average Bonchev–Trinajstić information content (AvgIpc) is 2.84. The molecule has 3 heterocycles. The molecule has 0 saturated carbocycles. The molecule has 2 fully saturated rings. The largest absolute Gasteiger partial charge is 0.377 e. The minimum atomic E-state index is 0.347. The molecule has 5 nitrogen and oxygen atoms in total. The molecular weight excluding hydrogens is 206 g/mol. The second kappa shape index (κ2) is 4.43. The molecule has 1 atom stereocenters. The first-order chi connectivity index (χ1) is 7.90. The van der Waals surface area contributed by atoms with E-state index in [1.165, 1.54) is 6.42 Å². The van der Waals surface area contributed by atoms with E-state index < -0.39 is 0 Å². The summed E-state index contributed by atoms with van der Waals surface area (Å²) in [5, 5.41) is 7.70. The smallest absolute Gasteiger partial charge is 0.0771 e. The van der Waals surface area contributed by atoms with Crippen molar-refractivity contribution in [3.8, 4) is 0 Å². The minimum Gasteiger partial charge on any atom is -0.377 e. The Kier molecular flexibility index (Phi) is 2.80. The van der Waals surface area contributed by atoms with Gasteiger partial charge in [0.05, 0.1) is 43.8 Å². The van der Waals surface area contributed by atoms with Crippen LogP contribution in [0.5, 0.6) is 0 Å². The second-order valence-electron chi connectivity index (χ2n) is 4.46. The van der Waals surface area contributed by atoms with E-state index in [1.807, 2.05) is 17.1 Å². The van der Waals surface area contributed by atoms with E-state index >= 15 is 0 Å². The Hall–Kier alpha value is -1.07. The first kappa shape index (κ1) is 10.1. The number of hydrogen-bond donors (Lipinski definition) is 1. The molecule has 2 aliphatic rings. The molecule has 1 unspecified atom stereocenters. The van der Waals surface area contributed by atoms with Gasteiger partial charge in [-0.1, -0.05) is 0 Å². The number of rotatable bonds is 4. The van der Waals surface area contributed by atoms with Gasteiger partial charge in [0.25, 0.3) is 0 Å². The van der Waals surface area contributed by atoms with Gasteiger partial charge < -0.3 is 14.8 Å². The fourth-order valence-corrected chi connectivity index (χ4v) is 2.09. The van der Waals surface area contributed by atoms with Crippen LogP contribution in [-0.4, -0.2) is 41.7 Å². The third kappa shape index (κ3) is 2.20. The van der Waals surface area contributed by atoms with Crippen LogP contribution < -0.4 is 5.32 Å². The van der Waals surface area contributed by atoms with Gasteiger partial charge in [0.2, 0.25) is 0 Å². The molecule has 2 aliphatic heterocycles. The molecule has 2 saturated heterocycles. The van der Waals surface area contributed by atoms with Crippen molar-refractivity contribution in [3.05, 3.63) is 12.4 Å². The van der Waals surface area contributed by atoms with Gasteiger partial charge >= 0.3 is 0 Å². The van der Waals surface area contributed by atoms with Crippen molar-refractivity contribution in [2.24, 2.45) is 0 Å². The summed E-state index contributed by atoms with van der Waals surface area (Å²) in [6.45, 7) is 3.37. The zero-order valence-corrected chi connectivity index (χ0v) is 9.26. The lowest BCUT2D eigenvalue weighted by atomic mass is 10.2. The lowest BCUT2D eigenvalue weighted by Crippen LogP contribution is -2.40. The Bertz CT molecular complexity index is 343. The summed E-state index contributed by atoms with van der Waals surface area (Å²) in [5.74, 6) is 0. The Balaban J connectivity index is 1.54. The van der Waals surface area contributed by atoms with E-state index in [-0.39, 0.29) is 0 Å². The number of aromatic nitrogens is 2. The van der Waals surface area contributed by atoms with Crippen molar-refractivity contribution in [1.82, 2.24) is 9.78 Å². The Morgan fingerprint density at radius 1 is 1.50 bits per heavy atom. The van der Waals surface area contributed by atoms with Gasteiger partial charge in [0.1, 0.15) is 0 Å².